The number of ether oxygens (including phenoxy) is 1. The van der Waals surface area contributed by atoms with Crippen molar-refractivity contribution in [2.45, 2.75) is 137 Å². The van der Waals surface area contributed by atoms with Crippen molar-refractivity contribution in [3.05, 3.63) is 11.6 Å². The minimum Gasteiger partial charge on any atom is -0.446 e. The molecule has 0 aromatic heterocycles. The zero-order chi connectivity index (χ0) is 32.9. The van der Waals surface area contributed by atoms with Gasteiger partial charge in [-0.3, -0.25) is 0 Å². The van der Waals surface area contributed by atoms with Crippen molar-refractivity contribution < 1.29 is 9.53 Å². The van der Waals surface area contributed by atoms with Crippen LogP contribution in [0, 0.1) is 46.3 Å². The molecule has 0 aliphatic heterocycles. The molecular weight excluding hydrogens is 558 g/mol. The van der Waals surface area contributed by atoms with Crippen molar-refractivity contribution in [2.75, 3.05) is 39.3 Å². The number of hydrogen-bond donors (Lipinski definition) is 5. The predicted octanol–water partition coefficient (Wildman–Crippen LogP) is 7.14. The first-order chi connectivity index (χ1) is 21.6. The first-order valence-corrected chi connectivity index (χ1v) is 19.0. The third-order valence-electron chi connectivity index (χ3n) is 12.6. The summed E-state index contributed by atoms with van der Waals surface area (Å²) in [4.78, 5) is 11.3. The van der Waals surface area contributed by atoms with E-state index in [1.54, 1.807) is 5.57 Å². The van der Waals surface area contributed by atoms with Gasteiger partial charge in [0.15, 0.2) is 0 Å². The standard InChI is InChI=1S/C28H47NO2.C10H26N4/c1-18(2)7-6-8-19(3)23-11-12-24-22-10-9-20-17-21(31-26(29)30)13-15-27(20,4)25(22)14-16-28(23,24)5;11-5-3-9-13-7-1-2-8-14-10-4-6-12/h9,18-19,21-25H,6-8,10-17H2,1-5H3,(H2,29,30);13-14H,1-12H2/t19-,21+,22+,23-,24+,25+,27+,28-;/m1./s1. The normalized spacial score (nSPS) is 32.9. The number of fused-ring (bicyclic) bond motifs is 5. The summed E-state index contributed by atoms with van der Waals surface area (Å²) >= 11 is 0. The van der Waals surface area contributed by atoms with Crippen molar-refractivity contribution in [1.29, 1.82) is 0 Å². The summed E-state index contributed by atoms with van der Waals surface area (Å²) in [6.07, 6.45) is 20.7. The molecule has 0 radical (unpaired) electrons. The van der Waals surface area contributed by atoms with E-state index in [2.05, 4.69) is 51.3 Å². The van der Waals surface area contributed by atoms with Gasteiger partial charge in [-0.25, -0.2) is 4.79 Å². The third-order valence-corrected chi connectivity index (χ3v) is 12.6. The summed E-state index contributed by atoms with van der Waals surface area (Å²) in [7, 11) is 0. The van der Waals surface area contributed by atoms with Gasteiger partial charge in [-0.2, -0.15) is 0 Å². The second-order valence-corrected chi connectivity index (χ2v) is 16.1. The smallest absolute Gasteiger partial charge is 0.404 e. The molecule has 0 unspecified atom stereocenters. The van der Waals surface area contributed by atoms with E-state index < -0.39 is 6.09 Å². The number of hydrogen-bond acceptors (Lipinski definition) is 6. The Kier molecular flexibility index (Phi) is 16.2. The maximum Gasteiger partial charge on any atom is 0.404 e. The molecule has 3 fully saturated rings. The third kappa shape index (κ3) is 10.7. The Labute approximate surface area is 277 Å². The van der Waals surface area contributed by atoms with Gasteiger partial charge in [0, 0.05) is 6.42 Å². The monoisotopic (exact) mass is 632 g/mol. The summed E-state index contributed by atoms with van der Waals surface area (Å²) in [6, 6.07) is 0. The van der Waals surface area contributed by atoms with E-state index >= 15 is 0 Å². The van der Waals surface area contributed by atoms with Crippen molar-refractivity contribution in [2.24, 2.45) is 63.5 Å². The van der Waals surface area contributed by atoms with Crippen LogP contribution in [0.3, 0.4) is 0 Å². The highest BCUT2D eigenvalue weighted by Gasteiger charge is 2.59. The second kappa shape index (κ2) is 19.0. The quantitative estimate of drug-likeness (QED) is 0.0858. The van der Waals surface area contributed by atoms with Crippen LogP contribution in [0.25, 0.3) is 0 Å². The maximum atomic E-state index is 11.3. The van der Waals surface area contributed by atoms with E-state index in [1.807, 2.05) is 0 Å². The Morgan fingerprint density at radius 3 is 2.11 bits per heavy atom. The number of carbonyl (C=O) groups excluding carboxylic acids is 1. The van der Waals surface area contributed by atoms with Crippen LogP contribution >= 0.6 is 0 Å². The van der Waals surface area contributed by atoms with Gasteiger partial charge in [0.05, 0.1) is 0 Å². The molecule has 0 aromatic rings. The molecule has 7 nitrogen and oxygen atoms in total. The topological polar surface area (TPSA) is 128 Å². The van der Waals surface area contributed by atoms with Crippen LogP contribution in [0.1, 0.15) is 131 Å². The number of carbonyl (C=O) groups is 1. The molecule has 7 heteroatoms. The van der Waals surface area contributed by atoms with E-state index in [9.17, 15) is 4.79 Å². The Balaban J connectivity index is 0.000000335. The molecule has 1 amide bonds. The first kappa shape index (κ1) is 38.3. The van der Waals surface area contributed by atoms with Crippen LogP contribution in [0.4, 0.5) is 4.79 Å². The van der Waals surface area contributed by atoms with Gasteiger partial charge in [-0.15, -0.1) is 0 Å². The lowest BCUT2D eigenvalue weighted by atomic mass is 9.47. The van der Waals surface area contributed by atoms with Crippen LogP contribution in [0.2, 0.25) is 0 Å². The van der Waals surface area contributed by atoms with Gasteiger partial charge >= 0.3 is 6.09 Å². The van der Waals surface area contributed by atoms with Gasteiger partial charge in [0.25, 0.3) is 0 Å². The fourth-order valence-electron chi connectivity index (χ4n) is 10.1. The molecule has 262 valence electrons. The van der Waals surface area contributed by atoms with Crippen molar-refractivity contribution in [3.8, 4) is 0 Å². The largest absolute Gasteiger partial charge is 0.446 e. The number of rotatable bonds is 17. The molecule has 4 rings (SSSR count). The summed E-state index contributed by atoms with van der Waals surface area (Å²) in [6.45, 7) is 18.4. The van der Waals surface area contributed by atoms with Gasteiger partial charge in [-0.05, 0) is 156 Å². The molecule has 4 aliphatic rings. The van der Waals surface area contributed by atoms with E-state index in [0.29, 0.717) is 10.8 Å². The van der Waals surface area contributed by atoms with Gasteiger partial charge < -0.3 is 32.6 Å². The highest BCUT2D eigenvalue weighted by Crippen LogP contribution is 2.67. The Bertz CT molecular complexity index is 883. The molecule has 3 saturated carbocycles. The van der Waals surface area contributed by atoms with Crippen LogP contribution in [0.15, 0.2) is 11.6 Å². The number of nitrogens with one attached hydrogen (secondary N) is 2. The number of nitrogens with two attached hydrogens (primary N) is 3. The number of unbranched alkanes of at least 4 members (excludes halogenated alkanes) is 1. The molecule has 4 aliphatic carbocycles. The van der Waals surface area contributed by atoms with E-state index in [0.717, 1.165) is 107 Å². The predicted molar refractivity (Wildman–Crippen MR) is 190 cm³/mol. The van der Waals surface area contributed by atoms with Crippen molar-refractivity contribution in [3.63, 3.8) is 0 Å². The van der Waals surface area contributed by atoms with Crippen LogP contribution in [0.5, 0.6) is 0 Å². The summed E-state index contributed by atoms with van der Waals surface area (Å²) < 4.78 is 5.39. The molecule has 8 N–H and O–H groups in total. The Morgan fingerprint density at radius 1 is 0.867 bits per heavy atom. The average molecular weight is 632 g/mol. The lowest BCUT2D eigenvalue weighted by molar-refractivity contribution is -0.0578. The number of primary amides is 1. The zero-order valence-electron chi connectivity index (χ0n) is 30.0. The Hall–Kier alpha value is -1.15. The average Bonchev–Trinajstić information content (AvgIpc) is 3.35. The van der Waals surface area contributed by atoms with Gasteiger partial charge in [0.1, 0.15) is 6.10 Å². The molecule has 0 aromatic carbocycles. The summed E-state index contributed by atoms with van der Waals surface area (Å²) in [5, 5.41) is 6.72. The molecule has 8 atom stereocenters. The lowest BCUT2D eigenvalue weighted by Crippen LogP contribution is -2.51. The molecule has 0 bridgehead atoms. The van der Waals surface area contributed by atoms with E-state index in [-0.39, 0.29) is 6.10 Å². The highest BCUT2D eigenvalue weighted by molar-refractivity contribution is 5.64. The van der Waals surface area contributed by atoms with Crippen molar-refractivity contribution >= 4 is 6.09 Å². The van der Waals surface area contributed by atoms with Gasteiger partial charge in [-0.1, -0.05) is 65.5 Å². The van der Waals surface area contributed by atoms with Crippen LogP contribution in [-0.2, 0) is 4.74 Å². The lowest BCUT2D eigenvalue weighted by Gasteiger charge is -2.58. The van der Waals surface area contributed by atoms with Gasteiger partial charge in [0.2, 0.25) is 0 Å². The minimum absolute atomic E-state index is 0.00946. The fraction of sp³-hybridized carbons (Fsp3) is 0.921. The first-order valence-electron chi connectivity index (χ1n) is 19.0. The van der Waals surface area contributed by atoms with Crippen LogP contribution in [-0.4, -0.2) is 51.5 Å². The summed E-state index contributed by atoms with van der Waals surface area (Å²) in [5.74, 6) is 5.20. The van der Waals surface area contributed by atoms with E-state index in [4.69, 9.17) is 21.9 Å². The second-order valence-electron chi connectivity index (χ2n) is 16.1. The fourth-order valence-corrected chi connectivity index (χ4v) is 10.1. The molecule has 45 heavy (non-hydrogen) atoms. The highest BCUT2D eigenvalue weighted by atomic mass is 16.6. The summed E-state index contributed by atoms with van der Waals surface area (Å²) in [5.41, 5.74) is 18.5. The SMILES string of the molecule is CC(C)CCC[C@@H](C)[C@H]1CC[C@H]2[C@@H]3CC=C4C[C@@H](OC(N)=O)CC[C@]4(C)[C@H]3CC[C@]12C.NCCCNCCCCNCCCN. The Morgan fingerprint density at radius 2 is 1.51 bits per heavy atom. The van der Waals surface area contributed by atoms with E-state index in [1.165, 1.54) is 64.2 Å². The number of amides is 1. The molecule has 0 spiro atoms. The van der Waals surface area contributed by atoms with Crippen molar-refractivity contribution in [1.82, 2.24) is 10.6 Å². The van der Waals surface area contributed by atoms with Crippen LogP contribution < -0.4 is 27.8 Å². The minimum atomic E-state index is -0.615. The zero-order valence-corrected chi connectivity index (χ0v) is 30.0. The molecule has 0 heterocycles. The number of allylic oxidation sites excluding steroid dienone is 1. The molecule has 0 saturated heterocycles. The molecular formula is C38H73N5O2. The maximum absolute atomic E-state index is 11.3.